The number of nitrogens with one attached hydrogen (secondary N) is 1. The van der Waals surface area contributed by atoms with Crippen molar-refractivity contribution in [3.8, 4) is 11.3 Å². The Labute approximate surface area is 109 Å². The molecule has 3 N–H and O–H groups in total. The summed E-state index contributed by atoms with van der Waals surface area (Å²) in [7, 11) is 0. The fourth-order valence-corrected chi connectivity index (χ4v) is 2.33. The van der Waals surface area contributed by atoms with Crippen LogP contribution in [0, 0.1) is 6.92 Å². The standard InChI is InChI=1S/C13H14BrN3/c1-8-2-3-9(14)6-10(8)11-7-16-12(17-11)13(15)4-5-13/h2-3,6-7H,4-5,15H2,1H3,(H,16,17). The van der Waals surface area contributed by atoms with Crippen molar-refractivity contribution in [1.82, 2.24) is 9.97 Å². The maximum absolute atomic E-state index is 6.12. The number of halogens is 1. The Kier molecular flexibility index (Phi) is 2.38. The summed E-state index contributed by atoms with van der Waals surface area (Å²) in [6.45, 7) is 2.09. The molecule has 1 aromatic carbocycles. The first kappa shape index (κ1) is 11.0. The smallest absolute Gasteiger partial charge is 0.126 e. The van der Waals surface area contributed by atoms with Gasteiger partial charge in [0.2, 0.25) is 0 Å². The van der Waals surface area contributed by atoms with Crippen molar-refractivity contribution in [3.63, 3.8) is 0 Å². The summed E-state index contributed by atoms with van der Waals surface area (Å²) in [5, 5.41) is 0. The molecule has 1 heterocycles. The van der Waals surface area contributed by atoms with E-state index in [-0.39, 0.29) is 5.54 Å². The van der Waals surface area contributed by atoms with E-state index in [4.69, 9.17) is 5.73 Å². The Bertz CT molecular complexity index is 570. The quantitative estimate of drug-likeness (QED) is 0.893. The lowest BCUT2D eigenvalue weighted by atomic mass is 10.1. The lowest BCUT2D eigenvalue weighted by Crippen LogP contribution is -2.20. The molecule has 1 aromatic heterocycles. The molecule has 1 aliphatic carbocycles. The fraction of sp³-hybridized carbons (Fsp3) is 0.308. The lowest BCUT2D eigenvalue weighted by Gasteiger charge is -2.05. The summed E-state index contributed by atoms with van der Waals surface area (Å²) >= 11 is 3.49. The second-order valence-electron chi connectivity index (χ2n) is 4.76. The Balaban J connectivity index is 2.03. The molecule has 0 saturated heterocycles. The fourth-order valence-electron chi connectivity index (χ4n) is 1.97. The Hall–Kier alpha value is -1.13. The largest absolute Gasteiger partial charge is 0.340 e. The van der Waals surface area contributed by atoms with Gasteiger partial charge < -0.3 is 10.7 Å². The monoisotopic (exact) mass is 291 g/mol. The van der Waals surface area contributed by atoms with E-state index < -0.39 is 0 Å². The predicted octanol–water partition coefficient (Wildman–Crippen LogP) is 3.10. The molecule has 17 heavy (non-hydrogen) atoms. The third-order valence-electron chi connectivity index (χ3n) is 3.33. The molecule has 88 valence electrons. The summed E-state index contributed by atoms with van der Waals surface area (Å²) in [5.74, 6) is 0.909. The van der Waals surface area contributed by atoms with E-state index in [1.807, 2.05) is 12.3 Å². The second kappa shape index (κ2) is 3.68. The van der Waals surface area contributed by atoms with Crippen molar-refractivity contribution in [2.24, 2.45) is 5.73 Å². The zero-order valence-corrected chi connectivity index (χ0v) is 11.2. The van der Waals surface area contributed by atoms with Crippen LogP contribution in [0.1, 0.15) is 24.2 Å². The summed E-state index contributed by atoms with van der Waals surface area (Å²) in [4.78, 5) is 7.74. The molecule has 0 radical (unpaired) electrons. The summed E-state index contributed by atoms with van der Waals surface area (Å²) < 4.78 is 1.07. The van der Waals surface area contributed by atoms with Crippen molar-refractivity contribution in [1.29, 1.82) is 0 Å². The Morgan fingerprint density at radius 1 is 1.41 bits per heavy atom. The van der Waals surface area contributed by atoms with Gasteiger partial charge in [0, 0.05) is 10.0 Å². The van der Waals surface area contributed by atoms with Gasteiger partial charge in [0.05, 0.1) is 17.4 Å². The normalized spacial score (nSPS) is 17.1. The van der Waals surface area contributed by atoms with E-state index in [9.17, 15) is 0 Å². The number of H-pyrrole nitrogens is 1. The van der Waals surface area contributed by atoms with Crippen LogP contribution in [0.4, 0.5) is 0 Å². The highest BCUT2D eigenvalue weighted by molar-refractivity contribution is 9.10. The minimum atomic E-state index is -0.196. The lowest BCUT2D eigenvalue weighted by molar-refractivity contribution is 0.685. The first-order valence-electron chi connectivity index (χ1n) is 5.69. The number of benzene rings is 1. The molecule has 0 atom stereocenters. The van der Waals surface area contributed by atoms with Gasteiger partial charge >= 0.3 is 0 Å². The maximum atomic E-state index is 6.12. The number of hydrogen-bond acceptors (Lipinski definition) is 2. The highest BCUT2D eigenvalue weighted by Gasteiger charge is 2.42. The highest BCUT2D eigenvalue weighted by atomic mass is 79.9. The molecule has 1 fully saturated rings. The van der Waals surface area contributed by atoms with Crippen LogP contribution in [0.15, 0.2) is 28.9 Å². The number of aromatic nitrogens is 2. The molecule has 1 aliphatic rings. The Morgan fingerprint density at radius 2 is 2.18 bits per heavy atom. The van der Waals surface area contributed by atoms with Gasteiger partial charge in [0.25, 0.3) is 0 Å². The topological polar surface area (TPSA) is 54.7 Å². The first-order chi connectivity index (χ1) is 8.08. The molecule has 0 aliphatic heterocycles. The predicted molar refractivity (Wildman–Crippen MR) is 71.6 cm³/mol. The van der Waals surface area contributed by atoms with Crippen LogP contribution in [0.25, 0.3) is 11.3 Å². The number of nitrogens with zero attached hydrogens (tertiary/aromatic N) is 1. The SMILES string of the molecule is Cc1ccc(Br)cc1-c1cnc(C2(N)CC2)[nH]1. The molecule has 0 bridgehead atoms. The number of nitrogens with two attached hydrogens (primary N) is 1. The molecule has 1 saturated carbocycles. The van der Waals surface area contributed by atoms with Crippen LogP contribution in [0.5, 0.6) is 0 Å². The Morgan fingerprint density at radius 3 is 2.88 bits per heavy atom. The van der Waals surface area contributed by atoms with Crippen LogP contribution in [0.3, 0.4) is 0 Å². The van der Waals surface area contributed by atoms with Gasteiger partial charge in [-0.1, -0.05) is 22.0 Å². The number of aromatic amines is 1. The van der Waals surface area contributed by atoms with Crippen LogP contribution >= 0.6 is 15.9 Å². The minimum absolute atomic E-state index is 0.196. The summed E-state index contributed by atoms with van der Waals surface area (Å²) in [6, 6.07) is 6.24. The molecule has 0 spiro atoms. The third-order valence-corrected chi connectivity index (χ3v) is 3.82. The zero-order valence-electron chi connectivity index (χ0n) is 9.63. The van der Waals surface area contributed by atoms with Crippen LogP contribution in [-0.2, 0) is 5.54 Å². The van der Waals surface area contributed by atoms with E-state index in [0.29, 0.717) is 0 Å². The molecule has 3 nitrogen and oxygen atoms in total. The summed E-state index contributed by atoms with van der Waals surface area (Å²) in [6.07, 6.45) is 3.92. The average Bonchev–Trinajstić information content (AvgIpc) is 2.88. The van der Waals surface area contributed by atoms with Crippen molar-refractivity contribution < 1.29 is 0 Å². The van der Waals surface area contributed by atoms with Gasteiger partial charge in [-0.3, -0.25) is 0 Å². The molecule has 0 amide bonds. The van der Waals surface area contributed by atoms with Gasteiger partial charge in [0.15, 0.2) is 0 Å². The third kappa shape index (κ3) is 1.91. The number of hydrogen-bond donors (Lipinski definition) is 2. The molecule has 0 unspecified atom stereocenters. The highest BCUT2D eigenvalue weighted by Crippen LogP contribution is 2.41. The van der Waals surface area contributed by atoms with Gasteiger partial charge in [-0.2, -0.15) is 0 Å². The van der Waals surface area contributed by atoms with Crippen molar-refractivity contribution in [2.75, 3.05) is 0 Å². The van der Waals surface area contributed by atoms with E-state index in [0.717, 1.165) is 28.8 Å². The van der Waals surface area contributed by atoms with Crippen LogP contribution in [0.2, 0.25) is 0 Å². The number of aryl methyl sites for hydroxylation is 1. The van der Waals surface area contributed by atoms with E-state index in [1.165, 1.54) is 11.1 Å². The average molecular weight is 292 g/mol. The van der Waals surface area contributed by atoms with Gasteiger partial charge in [-0.05, 0) is 37.5 Å². The molecule has 3 rings (SSSR count). The zero-order chi connectivity index (χ0) is 12.0. The number of rotatable bonds is 2. The van der Waals surface area contributed by atoms with Crippen LogP contribution < -0.4 is 5.73 Å². The van der Waals surface area contributed by atoms with Crippen molar-refractivity contribution in [3.05, 3.63) is 40.3 Å². The van der Waals surface area contributed by atoms with E-state index in [1.54, 1.807) is 0 Å². The van der Waals surface area contributed by atoms with Gasteiger partial charge in [-0.15, -0.1) is 0 Å². The van der Waals surface area contributed by atoms with Crippen molar-refractivity contribution >= 4 is 15.9 Å². The van der Waals surface area contributed by atoms with E-state index in [2.05, 4.69) is 45.0 Å². The molecule has 4 heteroatoms. The van der Waals surface area contributed by atoms with Gasteiger partial charge in [-0.25, -0.2) is 4.98 Å². The van der Waals surface area contributed by atoms with Crippen LogP contribution in [-0.4, -0.2) is 9.97 Å². The molecular formula is C13H14BrN3. The maximum Gasteiger partial charge on any atom is 0.126 e. The van der Waals surface area contributed by atoms with E-state index >= 15 is 0 Å². The minimum Gasteiger partial charge on any atom is -0.340 e. The number of imidazole rings is 1. The summed E-state index contributed by atoms with van der Waals surface area (Å²) in [5.41, 5.74) is 9.36. The molecule has 2 aromatic rings. The van der Waals surface area contributed by atoms with Gasteiger partial charge in [0.1, 0.15) is 5.82 Å². The molecular weight excluding hydrogens is 278 g/mol. The first-order valence-corrected chi connectivity index (χ1v) is 6.49. The van der Waals surface area contributed by atoms with Crippen molar-refractivity contribution in [2.45, 2.75) is 25.3 Å². The second-order valence-corrected chi connectivity index (χ2v) is 5.68.